The highest BCUT2D eigenvalue weighted by molar-refractivity contribution is 9.10. The van der Waals surface area contributed by atoms with Gasteiger partial charge in [-0.25, -0.2) is 0 Å². The molecule has 0 aliphatic carbocycles. The first-order valence-electron chi connectivity index (χ1n) is 9.22. The third kappa shape index (κ3) is 6.35. The van der Waals surface area contributed by atoms with Crippen molar-refractivity contribution in [3.63, 3.8) is 0 Å². The Morgan fingerprint density at radius 3 is 2.45 bits per heavy atom. The van der Waals surface area contributed by atoms with Crippen LogP contribution in [0.5, 0.6) is 11.5 Å². The predicted octanol–water partition coefficient (Wildman–Crippen LogP) is 6.24. The Morgan fingerprint density at radius 1 is 1.13 bits per heavy atom. The van der Waals surface area contributed by atoms with Gasteiger partial charge in [0.1, 0.15) is 29.7 Å². The lowest BCUT2D eigenvalue weighted by Gasteiger charge is -2.09. The molecule has 1 N–H and O–H groups in total. The standard InChI is InChI=1S/C24H18BrClN2O3/c1-30-23-11-4-17(13-22(23)25)12-18(14-27)24(29)28-20-7-9-21(10-8-20)31-15-16-2-5-19(26)6-3-16/h2-13H,15H2,1H3,(H,28,29)/b18-12+. The van der Waals surface area contributed by atoms with Crippen LogP contribution in [0.15, 0.2) is 76.8 Å². The van der Waals surface area contributed by atoms with E-state index in [2.05, 4.69) is 21.2 Å². The predicted molar refractivity (Wildman–Crippen MR) is 125 cm³/mol. The molecule has 0 saturated heterocycles. The van der Waals surface area contributed by atoms with Gasteiger partial charge in [0.05, 0.1) is 11.6 Å². The van der Waals surface area contributed by atoms with E-state index < -0.39 is 5.91 Å². The van der Waals surface area contributed by atoms with Crippen LogP contribution in [0.4, 0.5) is 5.69 Å². The molecule has 0 fully saturated rings. The number of nitrogens with one attached hydrogen (secondary N) is 1. The Kier molecular flexibility index (Phi) is 7.71. The molecule has 0 bridgehead atoms. The summed E-state index contributed by atoms with van der Waals surface area (Å²) in [6.07, 6.45) is 1.52. The van der Waals surface area contributed by atoms with Crippen molar-refractivity contribution in [2.75, 3.05) is 12.4 Å². The second-order valence-electron chi connectivity index (χ2n) is 6.46. The van der Waals surface area contributed by atoms with Crippen molar-refractivity contribution >= 4 is 45.2 Å². The van der Waals surface area contributed by atoms with Crippen molar-refractivity contribution in [3.05, 3.63) is 92.9 Å². The number of ether oxygens (including phenoxy) is 2. The molecule has 3 aromatic carbocycles. The minimum absolute atomic E-state index is 0.0138. The number of hydrogen-bond donors (Lipinski definition) is 1. The molecule has 156 valence electrons. The number of nitriles is 1. The SMILES string of the molecule is COc1ccc(/C=C(\C#N)C(=O)Nc2ccc(OCc3ccc(Cl)cc3)cc2)cc1Br. The maximum absolute atomic E-state index is 12.5. The van der Waals surface area contributed by atoms with Crippen molar-refractivity contribution in [3.8, 4) is 17.6 Å². The van der Waals surface area contributed by atoms with Gasteiger partial charge in [0.2, 0.25) is 0 Å². The summed E-state index contributed by atoms with van der Waals surface area (Å²) in [5, 5.41) is 12.8. The van der Waals surface area contributed by atoms with E-state index in [-0.39, 0.29) is 5.57 Å². The molecule has 31 heavy (non-hydrogen) atoms. The molecule has 0 aromatic heterocycles. The molecule has 0 spiro atoms. The van der Waals surface area contributed by atoms with Gasteiger partial charge in [-0.3, -0.25) is 4.79 Å². The quantitative estimate of drug-likeness (QED) is 0.310. The smallest absolute Gasteiger partial charge is 0.266 e. The first-order valence-corrected chi connectivity index (χ1v) is 10.4. The number of halogens is 2. The Bertz CT molecular complexity index is 1140. The summed E-state index contributed by atoms with van der Waals surface area (Å²) in [6, 6.07) is 21.6. The van der Waals surface area contributed by atoms with Crippen LogP contribution in [-0.4, -0.2) is 13.0 Å². The Labute approximate surface area is 194 Å². The third-order valence-electron chi connectivity index (χ3n) is 4.28. The summed E-state index contributed by atoms with van der Waals surface area (Å²) in [5.74, 6) is 0.829. The summed E-state index contributed by atoms with van der Waals surface area (Å²) >= 11 is 9.27. The van der Waals surface area contributed by atoms with Gasteiger partial charge >= 0.3 is 0 Å². The topological polar surface area (TPSA) is 71.3 Å². The summed E-state index contributed by atoms with van der Waals surface area (Å²) in [7, 11) is 1.57. The van der Waals surface area contributed by atoms with Crippen LogP contribution in [0, 0.1) is 11.3 Å². The van der Waals surface area contributed by atoms with Gasteiger partial charge in [-0.05, 0) is 81.7 Å². The van der Waals surface area contributed by atoms with Crippen LogP contribution >= 0.6 is 27.5 Å². The van der Waals surface area contributed by atoms with E-state index in [1.54, 1.807) is 49.6 Å². The van der Waals surface area contributed by atoms with Gasteiger partial charge in [0, 0.05) is 10.7 Å². The Balaban J connectivity index is 1.62. The largest absolute Gasteiger partial charge is 0.496 e. The molecule has 5 nitrogen and oxygen atoms in total. The Hall–Kier alpha value is -3.27. The number of nitrogens with zero attached hydrogens (tertiary/aromatic N) is 1. The monoisotopic (exact) mass is 496 g/mol. The normalized spacial score (nSPS) is 10.8. The number of methoxy groups -OCH3 is 1. The van der Waals surface area contributed by atoms with E-state index in [4.69, 9.17) is 21.1 Å². The maximum Gasteiger partial charge on any atom is 0.266 e. The van der Waals surface area contributed by atoms with E-state index in [1.165, 1.54) is 6.08 Å². The maximum atomic E-state index is 12.5. The molecule has 1 amide bonds. The lowest BCUT2D eigenvalue weighted by atomic mass is 10.1. The highest BCUT2D eigenvalue weighted by Gasteiger charge is 2.10. The molecule has 0 saturated carbocycles. The highest BCUT2D eigenvalue weighted by atomic mass is 79.9. The number of anilines is 1. The van der Waals surface area contributed by atoms with Gasteiger partial charge in [-0.15, -0.1) is 0 Å². The molecule has 0 aliphatic heterocycles. The number of carbonyl (C=O) groups excluding carboxylic acids is 1. The second-order valence-corrected chi connectivity index (χ2v) is 7.75. The molecule has 0 unspecified atom stereocenters. The van der Waals surface area contributed by atoms with Crippen molar-refractivity contribution in [2.24, 2.45) is 0 Å². The zero-order chi connectivity index (χ0) is 22.2. The van der Waals surface area contributed by atoms with E-state index in [1.807, 2.05) is 30.3 Å². The number of rotatable bonds is 7. The van der Waals surface area contributed by atoms with E-state index in [0.29, 0.717) is 34.4 Å². The van der Waals surface area contributed by atoms with E-state index >= 15 is 0 Å². The molecule has 0 radical (unpaired) electrons. The van der Waals surface area contributed by atoms with Gasteiger partial charge < -0.3 is 14.8 Å². The van der Waals surface area contributed by atoms with Crippen molar-refractivity contribution in [2.45, 2.75) is 6.61 Å². The second kappa shape index (κ2) is 10.7. The Morgan fingerprint density at radius 2 is 1.84 bits per heavy atom. The lowest BCUT2D eigenvalue weighted by Crippen LogP contribution is -2.13. The number of amides is 1. The van der Waals surface area contributed by atoms with Gasteiger partial charge in [0.15, 0.2) is 0 Å². The van der Waals surface area contributed by atoms with Crippen LogP contribution in [-0.2, 0) is 11.4 Å². The molecule has 7 heteroatoms. The molecular formula is C24H18BrClN2O3. The van der Waals surface area contributed by atoms with E-state index in [0.717, 1.165) is 10.0 Å². The first kappa shape index (κ1) is 22.4. The van der Waals surface area contributed by atoms with Crippen LogP contribution in [0.1, 0.15) is 11.1 Å². The summed E-state index contributed by atoms with van der Waals surface area (Å²) in [5.41, 5.74) is 2.24. The molecule has 0 atom stereocenters. The zero-order valence-electron chi connectivity index (χ0n) is 16.6. The van der Waals surface area contributed by atoms with Crippen LogP contribution < -0.4 is 14.8 Å². The average Bonchev–Trinajstić information content (AvgIpc) is 2.78. The number of carbonyl (C=O) groups is 1. The summed E-state index contributed by atoms with van der Waals surface area (Å²) in [6.45, 7) is 0.404. The zero-order valence-corrected chi connectivity index (χ0v) is 18.9. The molecule has 0 heterocycles. The van der Waals surface area contributed by atoms with Crippen LogP contribution in [0.25, 0.3) is 6.08 Å². The van der Waals surface area contributed by atoms with E-state index in [9.17, 15) is 10.1 Å². The van der Waals surface area contributed by atoms with Gasteiger partial charge in [0.25, 0.3) is 5.91 Å². The number of hydrogen-bond acceptors (Lipinski definition) is 4. The summed E-state index contributed by atoms with van der Waals surface area (Å²) < 4.78 is 11.7. The fraction of sp³-hybridized carbons (Fsp3) is 0.0833. The summed E-state index contributed by atoms with van der Waals surface area (Å²) in [4.78, 5) is 12.5. The third-order valence-corrected chi connectivity index (χ3v) is 5.15. The minimum Gasteiger partial charge on any atom is -0.496 e. The van der Waals surface area contributed by atoms with Crippen LogP contribution in [0.3, 0.4) is 0 Å². The molecule has 0 aliphatic rings. The minimum atomic E-state index is -0.496. The number of benzene rings is 3. The van der Waals surface area contributed by atoms with Crippen molar-refractivity contribution in [1.82, 2.24) is 0 Å². The van der Waals surface area contributed by atoms with Crippen molar-refractivity contribution < 1.29 is 14.3 Å². The fourth-order valence-electron chi connectivity index (χ4n) is 2.67. The van der Waals surface area contributed by atoms with Gasteiger partial charge in [-0.1, -0.05) is 29.8 Å². The van der Waals surface area contributed by atoms with Gasteiger partial charge in [-0.2, -0.15) is 5.26 Å². The first-order chi connectivity index (χ1) is 15.0. The molecule has 3 aromatic rings. The lowest BCUT2D eigenvalue weighted by molar-refractivity contribution is -0.112. The fourth-order valence-corrected chi connectivity index (χ4v) is 3.35. The molecular weight excluding hydrogens is 480 g/mol. The molecule has 3 rings (SSSR count). The average molecular weight is 498 g/mol. The van der Waals surface area contributed by atoms with Crippen LogP contribution in [0.2, 0.25) is 5.02 Å². The van der Waals surface area contributed by atoms with Crippen molar-refractivity contribution in [1.29, 1.82) is 5.26 Å². The highest BCUT2D eigenvalue weighted by Crippen LogP contribution is 2.26.